The van der Waals surface area contributed by atoms with Crippen molar-refractivity contribution in [3.8, 4) is 5.75 Å². The largest absolute Gasteiger partial charge is 0.495 e. The van der Waals surface area contributed by atoms with Crippen LogP contribution in [0, 0.1) is 0 Å². The van der Waals surface area contributed by atoms with Gasteiger partial charge in [-0.2, -0.15) is 5.06 Å². The van der Waals surface area contributed by atoms with E-state index in [9.17, 15) is 0 Å². The maximum atomic E-state index is 9.11. The number of rotatable bonds is 3. The van der Waals surface area contributed by atoms with E-state index in [1.54, 1.807) is 14.2 Å². The van der Waals surface area contributed by atoms with Crippen LogP contribution in [0.3, 0.4) is 0 Å². The quantitative estimate of drug-likeness (QED) is 0.864. The molecule has 0 aliphatic heterocycles. The molecule has 5 heteroatoms. The third-order valence-corrected chi connectivity index (χ3v) is 3.00. The van der Waals surface area contributed by atoms with Crippen LogP contribution in [0.4, 0.5) is 0 Å². The van der Waals surface area contributed by atoms with Gasteiger partial charge in [-0.05, 0) is 22.0 Å². The highest BCUT2D eigenvalue weighted by atomic mass is 79.9. The summed E-state index contributed by atoms with van der Waals surface area (Å²) in [6.45, 7) is 0.371. The summed E-state index contributed by atoms with van der Waals surface area (Å²) in [7, 11) is 3.11. The Morgan fingerprint density at radius 1 is 1.57 bits per heavy atom. The zero-order valence-corrected chi connectivity index (χ0v) is 10.3. The summed E-state index contributed by atoms with van der Waals surface area (Å²) in [5.41, 5.74) is 0.839. The van der Waals surface area contributed by atoms with Gasteiger partial charge in [0.2, 0.25) is 0 Å². The summed E-state index contributed by atoms with van der Waals surface area (Å²) >= 11 is 9.31. The number of halogens is 2. The molecule has 0 bridgehead atoms. The fraction of sp³-hybridized carbons (Fsp3) is 0.333. The number of hydrogen-bond donors (Lipinski definition) is 1. The van der Waals surface area contributed by atoms with Gasteiger partial charge in [-0.15, -0.1) is 0 Å². The van der Waals surface area contributed by atoms with Crippen LogP contribution in [0.2, 0.25) is 5.02 Å². The molecule has 78 valence electrons. The molecular formula is C9H11BrClNO2. The van der Waals surface area contributed by atoms with Gasteiger partial charge in [0.1, 0.15) is 5.75 Å². The van der Waals surface area contributed by atoms with Crippen molar-refractivity contribution in [2.75, 3.05) is 14.2 Å². The van der Waals surface area contributed by atoms with E-state index in [0.29, 0.717) is 17.3 Å². The van der Waals surface area contributed by atoms with Crippen LogP contribution in [-0.4, -0.2) is 24.4 Å². The topological polar surface area (TPSA) is 32.7 Å². The number of hydrogen-bond acceptors (Lipinski definition) is 3. The molecule has 0 aromatic heterocycles. The summed E-state index contributed by atoms with van der Waals surface area (Å²) in [4.78, 5) is 0. The molecule has 0 fully saturated rings. The average Bonchev–Trinajstić information content (AvgIpc) is 2.11. The minimum absolute atomic E-state index is 0.371. The molecule has 0 heterocycles. The molecule has 0 saturated carbocycles. The fourth-order valence-corrected chi connectivity index (χ4v) is 1.74. The minimum atomic E-state index is 0.371. The van der Waals surface area contributed by atoms with Crippen LogP contribution < -0.4 is 4.74 Å². The van der Waals surface area contributed by atoms with Crippen LogP contribution >= 0.6 is 27.5 Å². The maximum absolute atomic E-state index is 9.11. The molecule has 0 spiro atoms. The highest BCUT2D eigenvalue weighted by Crippen LogP contribution is 2.35. The highest BCUT2D eigenvalue weighted by molar-refractivity contribution is 9.10. The smallest absolute Gasteiger partial charge is 0.143 e. The molecule has 0 amide bonds. The van der Waals surface area contributed by atoms with Crippen LogP contribution in [0.5, 0.6) is 5.75 Å². The predicted octanol–water partition coefficient (Wildman–Crippen LogP) is 2.93. The molecular weight excluding hydrogens is 269 g/mol. The Balaban J connectivity index is 3.10. The van der Waals surface area contributed by atoms with E-state index in [1.165, 1.54) is 0 Å². The van der Waals surface area contributed by atoms with Crippen molar-refractivity contribution in [1.29, 1.82) is 0 Å². The molecule has 0 saturated heterocycles. The van der Waals surface area contributed by atoms with E-state index in [1.807, 2.05) is 12.1 Å². The van der Waals surface area contributed by atoms with Crippen molar-refractivity contribution in [3.05, 3.63) is 27.2 Å². The number of methoxy groups -OCH3 is 1. The second-order valence-electron chi connectivity index (χ2n) is 2.87. The summed E-state index contributed by atoms with van der Waals surface area (Å²) in [5, 5.41) is 10.7. The first kappa shape index (κ1) is 11.8. The lowest BCUT2D eigenvalue weighted by molar-refractivity contribution is -0.0735. The van der Waals surface area contributed by atoms with Gasteiger partial charge in [0.25, 0.3) is 0 Å². The molecule has 1 rings (SSSR count). The number of hydroxylamine groups is 2. The minimum Gasteiger partial charge on any atom is -0.495 e. The van der Waals surface area contributed by atoms with Crippen LogP contribution in [0.1, 0.15) is 5.56 Å². The number of benzene rings is 1. The third-order valence-electron chi connectivity index (χ3n) is 1.73. The fourth-order valence-electron chi connectivity index (χ4n) is 1.16. The molecule has 0 aliphatic carbocycles. The average molecular weight is 281 g/mol. The molecule has 1 N–H and O–H groups in total. The van der Waals surface area contributed by atoms with Gasteiger partial charge >= 0.3 is 0 Å². The van der Waals surface area contributed by atoms with E-state index in [4.69, 9.17) is 21.5 Å². The SMILES string of the molecule is COc1c(CN(C)O)ccc(Br)c1Cl. The van der Waals surface area contributed by atoms with E-state index < -0.39 is 0 Å². The lowest BCUT2D eigenvalue weighted by Gasteiger charge is -2.14. The van der Waals surface area contributed by atoms with Crippen molar-refractivity contribution in [2.45, 2.75) is 6.54 Å². The normalized spacial score (nSPS) is 10.7. The lowest BCUT2D eigenvalue weighted by atomic mass is 10.2. The standard InChI is InChI=1S/C9H11BrClNO2/c1-12(13)5-6-3-4-7(10)8(11)9(6)14-2/h3-4,13H,5H2,1-2H3. The first-order valence-corrected chi connectivity index (χ1v) is 5.14. The Morgan fingerprint density at radius 2 is 2.21 bits per heavy atom. The van der Waals surface area contributed by atoms with E-state index in [-0.39, 0.29) is 0 Å². The number of nitrogens with zero attached hydrogens (tertiary/aromatic N) is 1. The van der Waals surface area contributed by atoms with Crippen LogP contribution in [-0.2, 0) is 6.54 Å². The molecule has 0 radical (unpaired) electrons. The lowest BCUT2D eigenvalue weighted by Crippen LogP contribution is -2.12. The molecule has 0 aliphatic rings. The van der Waals surface area contributed by atoms with Crippen LogP contribution in [0.25, 0.3) is 0 Å². The third kappa shape index (κ3) is 2.60. The predicted molar refractivity (Wildman–Crippen MR) is 59.0 cm³/mol. The second-order valence-corrected chi connectivity index (χ2v) is 4.10. The zero-order chi connectivity index (χ0) is 10.7. The first-order valence-electron chi connectivity index (χ1n) is 3.97. The van der Waals surface area contributed by atoms with E-state index in [2.05, 4.69) is 15.9 Å². The highest BCUT2D eigenvalue weighted by Gasteiger charge is 2.11. The maximum Gasteiger partial charge on any atom is 0.143 e. The Bertz CT molecular complexity index is 331. The summed E-state index contributed by atoms with van der Waals surface area (Å²) < 4.78 is 5.94. The molecule has 1 aromatic rings. The van der Waals surface area contributed by atoms with Gasteiger partial charge < -0.3 is 9.94 Å². The monoisotopic (exact) mass is 279 g/mol. The Morgan fingerprint density at radius 3 is 2.71 bits per heavy atom. The van der Waals surface area contributed by atoms with Crippen molar-refractivity contribution in [2.24, 2.45) is 0 Å². The van der Waals surface area contributed by atoms with E-state index >= 15 is 0 Å². The summed E-state index contributed by atoms with van der Waals surface area (Å²) in [6.07, 6.45) is 0. The number of ether oxygens (including phenoxy) is 1. The van der Waals surface area contributed by atoms with Crippen molar-refractivity contribution < 1.29 is 9.94 Å². The molecule has 0 unspecified atom stereocenters. The second kappa shape index (κ2) is 4.98. The zero-order valence-electron chi connectivity index (χ0n) is 7.92. The molecule has 1 aromatic carbocycles. The van der Waals surface area contributed by atoms with Crippen molar-refractivity contribution >= 4 is 27.5 Å². The Kier molecular flexibility index (Phi) is 4.19. The van der Waals surface area contributed by atoms with Gasteiger partial charge in [-0.25, -0.2) is 0 Å². The van der Waals surface area contributed by atoms with E-state index in [0.717, 1.165) is 15.1 Å². The summed E-state index contributed by atoms with van der Waals surface area (Å²) in [6, 6.07) is 3.67. The summed E-state index contributed by atoms with van der Waals surface area (Å²) in [5.74, 6) is 0.585. The van der Waals surface area contributed by atoms with Gasteiger partial charge in [0.05, 0.1) is 18.7 Å². The van der Waals surface area contributed by atoms with Crippen molar-refractivity contribution in [1.82, 2.24) is 5.06 Å². The molecule has 3 nitrogen and oxygen atoms in total. The molecule has 14 heavy (non-hydrogen) atoms. The van der Waals surface area contributed by atoms with Gasteiger partial charge in [0.15, 0.2) is 0 Å². The Hall–Kier alpha value is -0.290. The van der Waals surface area contributed by atoms with Crippen LogP contribution in [0.15, 0.2) is 16.6 Å². The van der Waals surface area contributed by atoms with Gasteiger partial charge in [-0.1, -0.05) is 17.7 Å². The molecule has 0 atom stereocenters. The van der Waals surface area contributed by atoms with Gasteiger partial charge in [-0.3, -0.25) is 0 Å². The van der Waals surface area contributed by atoms with Gasteiger partial charge in [0, 0.05) is 17.1 Å². The first-order chi connectivity index (χ1) is 6.56. The van der Waals surface area contributed by atoms with Crippen molar-refractivity contribution in [3.63, 3.8) is 0 Å². The Labute approximate surface area is 96.3 Å².